The van der Waals surface area contributed by atoms with E-state index in [0.29, 0.717) is 25.2 Å². The lowest BCUT2D eigenvalue weighted by molar-refractivity contribution is -0.135. The lowest BCUT2D eigenvalue weighted by Gasteiger charge is -2.34. The van der Waals surface area contributed by atoms with Gasteiger partial charge in [-0.1, -0.05) is 24.3 Å². The van der Waals surface area contributed by atoms with E-state index in [1.807, 2.05) is 24.3 Å². The predicted molar refractivity (Wildman–Crippen MR) is 96.7 cm³/mol. The van der Waals surface area contributed by atoms with E-state index in [2.05, 4.69) is 0 Å². The maximum atomic E-state index is 12.6. The fourth-order valence-electron chi connectivity index (χ4n) is 2.94. The largest absolute Gasteiger partial charge is 0.497 e. The minimum absolute atomic E-state index is 0.0585. The Kier molecular flexibility index (Phi) is 5.53. The lowest BCUT2D eigenvalue weighted by atomic mass is 10.1. The van der Waals surface area contributed by atoms with Gasteiger partial charge in [-0.15, -0.1) is 0 Å². The van der Waals surface area contributed by atoms with Crippen molar-refractivity contribution in [1.29, 1.82) is 0 Å². The van der Waals surface area contributed by atoms with E-state index in [0.717, 1.165) is 16.9 Å². The number of piperazine rings is 1. The molecule has 0 aliphatic carbocycles. The number of carbonyl (C=O) groups is 2. The Balaban J connectivity index is 1.60. The molecule has 6 heteroatoms. The summed E-state index contributed by atoms with van der Waals surface area (Å²) < 4.78 is 5.14. The molecule has 3 rings (SSSR count). The molecule has 2 aromatic carbocycles. The van der Waals surface area contributed by atoms with Gasteiger partial charge in [0.1, 0.15) is 12.3 Å². The number of amides is 2. The van der Waals surface area contributed by atoms with Gasteiger partial charge < -0.3 is 19.6 Å². The number of aliphatic hydroxyl groups excluding tert-OH is 1. The van der Waals surface area contributed by atoms with Crippen LogP contribution in [0.5, 0.6) is 5.75 Å². The number of benzene rings is 2. The van der Waals surface area contributed by atoms with Gasteiger partial charge in [-0.25, -0.2) is 0 Å². The van der Waals surface area contributed by atoms with Crippen LogP contribution in [-0.2, 0) is 17.9 Å². The van der Waals surface area contributed by atoms with Crippen molar-refractivity contribution in [2.75, 3.05) is 26.7 Å². The van der Waals surface area contributed by atoms with Crippen molar-refractivity contribution in [3.8, 4) is 5.75 Å². The molecule has 6 nitrogen and oxygen atoms in total. The summed E-state index contributed by atoms with van der Waals surface area (Å²) in [6.45, 7) is 1.55. The number of nitrogens with zero attached hydrogens (tertiary/aromatic N) is 2. The van der Waals surface area contributed by atoms with Crippen LogP contribution in [0.2, 0.25) is 0 Å². The number of carbonyl (C=O) groups excluding carboxylic acids is 2. The third kappa shape index (κ3) is 4.03. The Morgan fingerprint density at radius 1 is 1.04 bits per heavy atom. The summed E-state index contributed by atoms with van der Waals surface area (Å²) in [5.74, 6) is 0.557. The molecule has 1 saturated heterocycles. The molecule has 0 bridgehead atoms. The second-order valence-corrected chi connectivity index (χ2v) is 6.25. The first-order valence-corrected chi connectivity index (χ1v) is 8.50. The van der Waals surface area contributed by atoms with E-state index in [4.69, 9.17) is 9.84 Å². The van der Waals surface area contributed by atoms with Crippen LogP contribution in [0.4, 0.5) is 0 Å². The second kappa shape index (κ2) is 8.01. The predicted octanol–water partition coefficient (Wildman–Crippen LogP) is 1.67. The zero-order valence-corrected chi connectivity index (χ0v) is 14.7. The average Bonchev–Trinajstić information content (AvgIpc) is 2.69. The lowest BCUT2D eigenvalue weighted by Crippen LogP contribution is -2.51. The van der Waals surface area contributed by atoms with Gasteiger partial charge in [0.05, 0.1) is 13.7 Å². The average molecular weight is 354 g/mol. The highest BCUT2D eigenvalue weighted by molar-refractivity contribution is 5.97. The monoisotopic (exact) mass is 354 g/mol. The smallest absolute Gasteiger partial charge is 0.254 e. The zero-order chi connectivity index (χ0) is 18.5. The quantitative estimate of drug-likeness (QED) is 0.887. The molecular weight excluding hydrogens is 332 g/mol. The fourth-order valence-corrected chi connectivity index (χ4v) is 2.94. The first-order chi connectivity index (χ1) is 12.6. The molecule has 0 radical (unpaired) electrons. The molecule has 2 aromatic rings. The van der Waals surface area contributed by atoms with Crippen LogP contribution in [0.15, 0.2) is 48.5 Å². The summed E-state index contributed by atoms with van der Waals surface area (Å²) in [6, 6.07) is 14.4. The number of hydrogen-bond acceptors (Lipinski definition) is 4. The van der Waals surface area contributed by atoms with Crippen LogP contribution in [0.3, 0.4) is 0 Å². The van der Waals surface area contributed by atoms with E-state index < -0.39 is 0 Å². The summed E-state index contributed by atoms with van der Waals surface area (Å²) in [5, 5.41) is 9.08. The first-order valence-electron chi connectivity index (χ1n) is 8.50. The van der Waals surface area contributed by atoms with Crippen molar-refractivity contribution < 1.29 is 19.4 Å². The molecule has 1 N–H and O–H groups in total. The highest BCUT2D eigenvalue weighted by Crippen LogP contribution is 2.16. The van der Waals surface area contributed by atoms with Crippen LogP contribution in [0.25, 0.3) is 0 Å². The van der Waals surface area contributed by atoms with Crippen molar-refractivity contribution >= 4 is 11.8 Å². The molecule has 1 aliphatic rings. The highest BCUT2D eigenvalue weighted by Gasteiger charge is 2.27. The molecule has 136 valence electrons. The van der Waals surface area contributed by atoms with Crippen molar-refractivity contribution in [3.63, 3.8) is 0 Å². The molecule has 1 heterocycles. The molecule has 0 spiro atoms. The van der Waals surface area contributed by atoms with Crippen LogP contribution in [-0.4, -0.2) is 53.5 Å². The van der Waals surface area contributed by atoms with Crippen molar-refractivity contribution in [1.82, 2.24) is 9.80 Å². The molecule has 1 fully saturated rings. The van der Waals surface area contributed by atoms with Crippen LogP contribution in [0, 0.1) is 0 Å². The molecule has 0 aromatic heterocycles. The van der Waals surface area contributed by atoms with E-state index in [1.165, 1.54) is 0 Å². The van der Waals surface area contributed by atoms with Gasteiger partial charge in [-0.05, 0) is 35.4 Å². The normalized spacial score (nSPS) is 14.5. The van der Waals surface area contributed by atoms with E-state index in [1.54, 1.807) is 41.2 Å². The highest BCUT2D eigenvalue weighted by atomic mass is 16.5. The van der Waals surface area contributed by atoms with Gasteiger partial charge in [-0.2, -0.15) is 0 Å². The Morgan fingerprint density at radius 2 is 1.69 bits per heavy atom. The second-order valence-electron chi connectivity index (χ2n) is 6.25. The number of methoxy groups -OCH3 is 1. The SMILES string of the molecule is COc1ccc(CN2CCN(C(=O)c3ccc(CO)cc3)CC2=O)cc1. The molecular formula is C20H22N2O4. The molecule has 0 unspecified atom stereocenters. The Morgan fingerprint density at radius 3 is 2.27 bits per heavy atom. The summed E-state index contributed by atoms with van der Waals surface area (Å²) >= 11 is 0. The van der Waals surface area contributed by atoms with Gasteiger partial charge in [0, 0.05) is 25.2 Å². The van der Waals surface area contributed by atoms with Crippen molar-refractivity contribution in [2.45, 2.75) is 13.2 Å². The Bertz CT molecular complexity index is 771. The van der Waals surface area contributed by atoms with Crippen LogP contribution in [0.1, 0.15) is 21.5 Å². The third-order valence-electron chi connectivity index (χ3n) is 4.52. The van der Waals surface area contributed by atoms with Crippen molar-refractivity contribution in [3.05, 3.63) is 65.2 Å². The molecule has 1 aliphatic heterocycles. The van der Waals surface area contributed by atoms with Gasteiger partial charge in [0.2, 0.25) is 5.91 Å². The van der Waals surface area contributed by atoms with E-state index in [-0.39, 0.29) is 25.0 Å². The number of rotatable bonds is 5. The summed E-state index contributed by atoms with van der Waals surface area (Å²) in [5.41, 5.74) is 2.30. The number of ether oxygens (including phenoxy) is 1. The van der Waals surface area contributed by atoms with Gasteiger partial charge in [0.15, 0.2) is 0 Å². The first kappa shape index (κ1) is 17.9. The van der Waals surface area contributed by atoms with E-state index in [9.17, 15) is 9.59 Å². The summed E-state index contributed by atoms with van der Waals surface area (Å²) in [4.78, 5) is 28.3. The van der Waals surface area contributed by atoms with E-state index >= 15 is 0 Å². The molecule has 2 amide bonds. The topological polar surface area (TPSA) is 70.1 Å². The third-order valence-corrected chi connectivity index (χ3v) is 4.52. The summed E-state index contributed by atoms with van der Waals surface area (Å²) in [7, 11) is 1.62. The summed E-state index contributed by atoms with van der Waals surface area (Å²) in [6.07, 6.45) is 0. The molecule has 0 atom stereocenters. The minimum Gasteiger partial charge on any atom is -0.497 e. The standard InChI is InChI=1S/C20H22N2O4/c1-26-18-8-4-15(5-9-18)12-21-10-11-22(13-19(21)24)20(25)17-6-2-16(14-23)3-7-17/h2-9,23H,10-14H2,1H3. The Hall–Kier alpha value is -2.86. The van der Waals surface area contributed by atoms with Crippen LogP contribution < -0.4 is 4.74 Å². The van der Waals surface area contributed by atoms with Crippen LogP contribution >= 0.6 is 0 Å². The maximum Gasteiger partial charge on any atom is 0.254 e. The Labute approximate surface area is 152 Å². The molecule has 0 saturated carbocycles. The minimum atomic E-state index is -0.160. The molecule has 26 heavy (non-hydrogen) atoms. The zero-order valence-electron chi connectivity index (χ0n) is 14.7. The van der Waals surface area contributed by atoms with Crippen molar-refractivity contribution in [2.24, 2.45) is 0 Å². The number of aliphatic hydroxyl groups is 1. The van der Waals surface area contributed by atoms with Gasteiger partial charge >= 0.3 is 0 Å². The fraction of sp³-hybridized carbons (Fsp3) is 0.300. The van der Waals surface area contributed by atoms with Gasteiger partial charge in [0.25, 0.3) is 5.91 Å². The van der Waals surface area contributed by atoms with Gasteiger partial charge in [-0.3, -0.25) is 9.59 Å². The number of hydrogen-bond donors (Lipinski definition) is 1. The maximum absolute atomic E-state index is 12.6.